The molecule has 160 valence electrons. The lowest BCUT2D eigenvalue weighted by molar-refractivity contribution is 0.0302. The molecule has 1 aromatic heterocycles. The van der Waals surface area contributed by atoms with Gasteiger partial charge >= 0.3 is 0 Å². The number of aromatic nitrogens is 1. The van der Waals surface area contributed by atoms with E-state index in [0.29, 0.717) is 74.6 Å². The van der Waals surface area contributed by atoms with Crippen LogP contribution in [-0.2, 0) is 4.74 Å². The number of piperazine rings is 1. The van der Waals surface area contributed by atoms with Gasteiger partial charge in [-0.2, -0.15) is 0 Å². The summed E-state index contributed by atoms with van der Waals surface area (Å²) >= 11 is 6.49. The zero-order valence-corrected chi connectivity index (χ0v) is 17.6. The highest BCUT2D eigenvalue weighted by molar-refractivity contribution is 6.33. The van der Waals surface area contributed by atoms with E-state index in [1.54, 1.807) is 23.2 Å². The zero-order valence-electron chi connectivity index (χ0n) is 16.8. The van der Waals surface area contributed by atoms with Crippen LogP contribution in [0.5, 0.6) is 5.75 Å². The molecule has 0 N–H and O–H groups in total. The Bertz CT molecular complexity index is 915. The van der Waals surface area contributed by atoms with Crippen LogP contribution in [0.15, 0.2) is 30.5 Å². The van der Waals surface area contributed by atoms with E-state index in [2.05, 4.69) is 14.8 Å². The van der Waals surface area contributed by atoms with Crippen molar-refractivity contribution in [3.63, 3.8) is 0 Å². The van der Waals surface area contributed by atoms with Crippen LogP contribution in [0.1, 0.15) is 10.4 Å². The van der Waals surface area contributed by atoms with Gasteiger partial charge in [0.2, 0.25) is 0 Å². The molecule has 2 aromatic rings. The second kappa shape index (κ2) is 9.06. The van der Waals surface area contributed by atoms with E-state index in [9.17, 15) is 9.18 Å². The minimum Gasteiger partial charge on any atom is -0.494 e. The van der Waals surface area contributed by atoms with Crippen LogP contribution in [0.2, 0.25) is 5.02 Å². The van der Waals surface area contributed by atoms with E-state index in [1.807, 2.05) is 0 Å². The predicted molar refractivity (Wildman–Crippen MR) is 113 cm³/mol. The third kappa shape index (κ3) is 4.29. The molecule has 0 bridgehead atoms. The van der Waals surface area contributed by atoms with Crippen molar-refractivity contribution in [1.82, 2.24) is 9.88 Å². The minimum absolute atomic E-state index is 0.0764. The molecule has 0 saturated carbocycles. The molecule has 4 rings (SSSR count). The molecule has 30 heavy (non-hydrogen) atoms. The average molecular weight is 435 g/mol. The highest BCUT2D eigenvalue weighted by Gasteiger charge is 2.24. The highest BCUT2D eigenvalue weighted by atomic mass is 35.5. The molecule has 2 aliphatic heterocycles. The summed E-state index contributed by atoms with van der Waals surface area (Å²) in [4.78, 5) is 23.1. The first-order valence-electron chi connectivity index (χ1n) is 9.93. The molecule has 9 heteroatoms. The number of morpholine rings is 1. The Kier molecular flexibility index (Phi) is 6.24. The number of carbonyl (C=O) groups is 1. The third-order valence-corrected chi connectivity index (χ3v) is 5.71. The number of benzene rings is 1. The lowest BCUT2D eigenvalue weighted by atomic mass is 10.2. The van der Waals surface area contributed by atoms with Gasteiger partial charge in [-0.3, -0.25) is 4.79 Å². The summed E-state index contributed by atoms with van der Waals surface area (Å²) in [7, 11) is 1.54. The second-order valence-electron chi connectivity index (χ2n) is 7.22. The molecular weight excluding hydrogens is 411 g/mol. The van der Waals surface area contributed by atoms with E-state index >= 15 is 0 Å². The summed E-state index contributed by atoms with van der Waals surface area (Å²) in [5.74, 6) is 0.788. The molecule has 7 nitrogen and oxygen atoms in total. The monoisotopic (exact) mass is 434 g/mol. The van der Waals surface area contributed by atoms with Gasteiger partial charge in [-0.15, -0.1) is 0 Å². The lowest BCUT2D eigenvalue weighted by Crippen LogP contribution is -2.47. The number of rotatable bonds is 4. The first-order chi connectivity index (χ1) is 14.6. The predicted octanol–water partition coefficient (Wildman–Crippen LogP) is 2.68. The van der Waals surface area contributed by atoms with Gasteiger partial charge in [-0.25, -0.2) is 9.37 Å². The largest absolute Gasteiger partial charge is 0.494 e. The fourth-order valence-electron chi connectivity index (χ4n) is 3.80. The number of carbonyl (C=O) groups excluding carboxylic acids is 1. The number of hydrogen-bond donors (Lipinski definition) is 0. The summed E-state index contributed by atoms with van der Waals surface area (Å²) in [5, 5.41) is 0.460. The molecule has 0 aliphatic carbocycles. The van der Waals surface area contributed by atoms with E-state index in [4.69, 9.17) is 21.1 Å². The topological polar surface area (TPSA) is 58.1 Å². The molecule has 2 fully saturated rings. The van der Waals surface area contributed by atoms with Crippen LogP contribution in [0.25, 0.3) is 0 Å². The van der Waals surface area contributed by atoms with Gasteiger partial charge in [-0.1, -0.05) is 11.6 Å². The van der Waals surface area contributed by atoms with Gasteiger partial charge in [0.1, 0.15) is 17.4 Å². The molecule has 0 atom stereocenters. The molecule has 1 aromatic carbocycles. The van der Waals surface area contributed by atoms with Crippen molar-refractivity contribution in [2.75, 3.05) is 69.4 Å². The summed E-state index contributed by atoms with van der Waals surface area (Å²) in [6.45, 7) is 5.08. The van der Waals surface area contributed by atoms with Gasteiger partial charge in [0.05, 0.1) is 36.6 Å². The van der Waals surface area contributed by atoms with E-state index < -0.39 is 0 Å². The van der Waals surface area contributed by atoms with Crippen LogP contribution in [0.3, 0.4) is 0 Å². The first kappa shape index (κ1) is 20.7. The normalized spacial score (nSPS) is 17.2. The van der Waals surface area contributed by atoms with Crippen LogP contribution in [0, 0.1) is 5.82 Å². The molecule has 3 heterocycles. The fourth-order valence-corrected chi connectivity index (χ4v) is 4.09. The quantitative estimate of drug-likeness (QED) is 0.737. The lowest BCUT2D eigenvalue weighted by Gasteiger charge is -2.37. The highest BCUT2D eigenvalue weighted by Crippen LogP contribution is 2.31. The molecule has 1 amide bonds. The smallest absolute Gasteiger partial charge is 0.255 e. The van der Waals surface area contributed by atoms with Gasteiger partial charge in [0, 0.05) is 51.5 Å². The first-order valence-corrected chi connectivity index (χ1v) is 10.3. The molecular formula is C21H24ClFN4O3. The maximum atomic E-state index is 13.5. The number of anilines is 2. The third-order valence-electron chi connectivity index (χ3n) is 5.43. The van der Waals surface area contributed by atoms with Crippen molar-refractivity contribution >= 4 is 29.0 Å². The Morgan fingerprint density at radius 2 is 1.80 bits per heavy atom. The fraction of sp³-hybridized carbons (Fsp3) is 0.429. The van der Waals surface area contributed by atoms with Gasteiger partial charge in [-0.05, 0) is 18.2 Å². The standard InChI is InChI=1S/C21H24ClFN4O3/c1-29-19-13-16(23)2-3-18(19)25-4-6-26(7-5-25)20-17(22)12-15(14-24-20)21(28)27-8-10-30-11-9-27/h2-3,12-14H,4-11H2,1H3. The molecule has 2 saturated heterocycles. The zero-order chi connectivity index (χ0) is 21.1. The van der Waals surface area contributed by atoms with Crippen LogP contribution >= 0.6 is 11.6 Å². The van der Waals surface area contributed by atoms with E-state index in [-0.39, 0.29) is 11.7 Å². The Morgan fingerprint density at radius 3 is 2.47 bits per heavy atom. The van der Waals surface area contributed by atoms with Crippen LogP contribution < -0.4 is 14.5 Å². The van der Waals surface area contributed by atoms with Crippen molar-refractivity contribution in [2.24, 2.45) is 0 Å². The number of amides is 1. The van der Waals surface area contributed by atoms with Gasteiger partial charge in [0.15, 0.2) is 0 Å². The van der Waals surface area contributed by atoms with E-state index in [1.165, 1.54) is 19.2 Å². The van der Waals surface area contributed by atoms with Crippen molar-refractivity contribution < 1.29 is 18.7 Å². The Hall–Kier alpha value is -2.58. The van der Waals surface area contributed by atoms with Crippen molar-refractivity contribution in [3.05, 3.63) is 46.9 Å². The van der Waals surface area contributed by atoms with Gasteiger partial charge < -0.3 is 24.2 Å². The molecule has 0 radical (unpaired) electrons. The molecule has 0 spiro atoms. The Balaban J connectivity index is 1.43. The van der Waals surface area contributed by atoms with Crippen molar-refractivity contribution in [3.8, 4) is 5.75 Å². The maximum Gasteiger partial charge on any atom is 0.255 e. The number of nitrogens with zero attached hydrogens (tertiary/aromatic N) is 4. The summed E-state index contributed by atoms with van der Waals surface area (Å²) < 4.78 is 24.1. The minimum atomic E-state index is -0.322. The number of hydrogen-bond acceptors (Lipinski definition) is 6. The SMILES string of the molecule is COc1cc(F)ccc1N1CCN(c2ncc(C(=O)N3CCOCC3)cc2Cl)CC1. The number of methoxy groups -OCH3 is 1. The van der Waals surface area contributed by atoms with E-state index in [0.717, 1.165) is 5.69 Å². The number of ether oxygens (including phenoxy) is 2. The van der Waals surface area contributed by atoms with Gasteiger partial charge in [0.25, 0.3) is 5.91 Å². The maximum absolute atomic E-state index is 13.5. The Morgan fingerprint density at radius 1 is 1.10 bits per heavy atom. The summed E-state index contributed by atoms with van der Waals surface area (Å²) in [5.41, 5.74) is 1.35. The van der Waals surface area contributed by atoms with Crippen LogP contribution in [0.4, 0.5) is 15.9 Å². The average Bonchev–Trinajstić information content (AvgIpc) is 2.79. The summed E-state index contributed by atoms with van der Waals surface area (Å²) in [6, 6.07) is 6.26. The van der Waals surface area contributed by atoms with Crippen molar-refractivity contribution in [1.29, 1.82) is 0 Å². The van der Waals surface area contributed by atoms with Crippen LogP contribution in [-0.4, -0.2) is 75.4 Å². The Labute approximate surface area is 179 Å². The second-order valence-corrected chi connectivity index (χ2v) is 7.63. The molecule has 0 unspecified atom stereocenters. The number of halogens is 2. The summed E-state index contributed by atoms with van der Waals surface area (Å²) in [6.07, 6.45) is 1.59. The number of pyridine rings is 1. The molecule has 2 aliphatic rings. The van der Waals surface area contributed by atoms with Crippen molar-refractivity contribution in [2.45, 2.75) is 0 Å².